The standard InChI is InChI=1S/C26H27FN6O5S2/c1-40(37,38)32-10-8-22(9-11-32)29-26-28-15-19-6-7-24(34)33(25(19)30-26)16-17-2-4-18(5-3-17)20-12-21(27)14-23(13-20)31-39(35)36/h2-7,12-15,22,31H,8-11,16H2,1H3,(H,35,36)(H,28,29,30). The molecule has 14 heteroatoms. The Bertz CT molecular complexity index is 1740. The zero-order valence-corrected chi connectivity index (χ0v) is 23.1. The van der Waals surface area contributed by atoms with Crippen LogP contribution >= 0.6 is 0 Å². The van der Waals surface area contributed by atoms with Crippen molar-refractivity contribution in [2.45, 2.75) is 25.4 Å². The number of pyridine rings is 1. The van der Waals surface area contributed by atoms with Gasteiger partial charge in [-0.1, -0.05) is 24.3 Å². The van der Waals surface area contributed by atoms with Crippen molar-refractivity contribution in [3.63, 3.8) is 0 Å². The SMILES string of the molecule is CS(=O)(=O)N1CCC(Nc2ncc3ccc(=O)n(Cc4ccc(-c5cc(F)cc(NS(=O)O)c5)cc4)c3n2)CC1. The number of nitrogens with zero attached hydrogens (tertiary/aromatic N) is 4. The molecule has 2 aromatic carbocycles. The minimum atomic E-state index is -3.22. The number of piperidine rings is 1. The lowest BCUT2D eigenvalue weighted by molar-refractivity contribution is 0.331. The monoisotopic (exact) mass is 586 g/mol. The van der Waals surface area contributed by atoms with Crippen molar-refractivity contribution in [1.82, 2.24) is 18.8 Å². The number of sulfonamides is 1. The second-order valence-electron chi connectivity index (χ2n) is 9.59. The van der Waals surface area contributed by atoms with E-state index in [2.05, 4.69) is 20.0 Å². The van der Waals surface area contributed by atoms with E-state index in [0.29, 0.717) is 54.0 Å². The zero-order chi connectivity index (χ0) is 28.4. The van der Waals surface area contributed by atoms with E-state index in [-0.39, 0.29) is 23.8 Å². The molecule has 0 saturated carbocycles. The first-order valence-electron chi connectivity index (χ1n) is 12.4. The number of rotatable bonds is 8. The molecule has 1 atom stereocenters. The number of nitrogens with one attached hydrogen (secondary N) is 2. The summed E-state index contributed by atoms with van der Waals surface area (Å²) < 4.78 is 63.0. The smallest absolute Gasteiger partial charge is 0.259 e. The van der Waals surface area contributed by atoms with Crippen molar-refractivity contribution >= 4 is 44.0 Å². The Morgan fingerprint density at radius 3 is 2.48 bits per heavy atom. The van der Waals surface area contributed by atoms with Crippen molar-refractivity contribution in [2.24, 2.45) is 0 Å². The van der Waals surface area contributed by atoms with E-state index in [1.54, 1.807) is 35.0 Å². The van der Waals surface area contributed by atoms with Gasteiger partial charge in [-0.2, -0.15) is 4.98 Å². The Balaban J connectivity index is 1.36. The summed E-state index contributed by atoms with van der Waals surface area (Å²) in [5.41, 5.74) is 2.42. The van der Waals surface area contributed by atoms with Gasteiger partial charge in [0.15, 0.2) is 0 Å². The number of anilines is 2. The summed E-state index contributed by atoms with van der Waals surface area (Å²) in [7, 11) is -3.22. The first kappa shape index (κ1) is 27.8. The van der Waals surface area contributed by atoms with Gasteiger partial charge in [-0.25, -0.2) is 26.3 Å². The summed E-state index contributed by atoms with van der Waals surface area (Å²) in [4.78, 5) is 21.8. The van der Waals surface area contributed by atoms with Gasteiger partial charge in [0.1, 0.15) is 11.5 Å². The van der Waals surface area contributed by atoms with Gasteiger partial charge >= 0.3 is 0 Å². The number of hydrogen-bond donors (Lipinski definition) is 3. The molecule has 0 aliphatic carbocycles. The molecule has 1 saturated heterocycles. The van der Waals surface area contributed by atoms with E-state index in [0.717, 1.165) is 11.6 Å². The molecule has 3 N–H and O–H groups in total. The van der Waals surface area contributed by atoms with Crippen LogP contribution in [0, 0.1) is 5.82 Å². The van der Waals surface area contributed by atoms with Crippen LogP contribution in [0.25, 0.3) is 22.2 Å². The minimum absolute atomic E-state index is 0.00258. The Kier molecular flexibility index (Phi) is 7.94. The van der Waals surface area contributed by atoms with E-state index >= 15 is 0 Å². The van der Waals surface area contributed by atoms with Crippen LogP contribution in [-0.4, -0.2) is 61.4 Å². The topological polar surface area (TPSA) is 147 Å². The van der Waals surface area contributed by atoms with Gasteiger partial charge in [0.05, 0.1) is 18.5 Å². The fourth-order valence-corrected chi connectivity index (χ4v) is 5.90. The van der Waals surface area contributed by atoms with Crippen LogP contribution < -0.4 is 15.6 Å². The van der Waals surface area contributed by atoms with E-state index in [9.17, 15) is 21.8 Å². The molecule has 210 valence electrons. The van der Waals surface area contributed by atoms with Crippen LogP contribution in [0.4, 0.5) is 16.0 Å². The van der Waals surface area contributed by atoms with Crippen molar-refractivity contribution in [3.8, 4) is 11.1 Å². The predicted molar refractivity (Wildman–Crippen MR) is 152 cm³/mol. The van der Waals surface area contributed by atoms with Crippen molar-refractivity contribution in [1.29, 1.82) is 0 Å². The molecular formula is C26H27FN6O5S2. The molecule has 0 amide bonds. The lowest BCUT2D eigenvalue weighted by Crippen LogP contribution is -2.42. The minimum Gasteiger partial charge on any atom is -0.351 e. The van der Waals surface area contributed by atoms with Crippen LogP contribution in [0.3, 0.4) is 0 Å². The van der Waals surface area contributed by atoms with Crippen LogP contribution in [0.1, 0.15) is 18.4 Å². The lowest BCUT2D eigenvalue weighted by atomic mass is 10.0. The molecule has 2 aromatic heterocycles. The zero-order valence-electron chi connectivity index (χ0n) is 21.4. The van der Waals surface area contributed by atoms with Gasteiger partial charge in [-0.15, -0.1) is 0 Å². The summed E-state index contributed by atoms with van der Waals surface area (Å²) in [6, 6.07) is 14.4. The average molecular weight is 587 g/mol. The number of hydrogen-bond acceptors (Lipinski definition) is 7. The lowest BCUT2D eigenvalue weighted by Gasteiger charge is -2.30. The first-order valence-corrected chi connectivity index (χ1v) is 15.4. The number of halogens is 1. The summed E-state index contributed by atoms with van der Waals surface area (Å²) in [6.45, 7) is 1.07. The molecule has 1 fully saturated rings. The Morgan fingerprint density at radius 2 is 1.80 bits per heavy atom. The van der Waals surface area contributed by atoms with Gasteiger partial charge in [-0.05, 0) is 53.8 Å². The van der Waals surface area contributed by atoms with Gasteiger partial charge in [0.2, 0.25) is 16.0 Å². The third-order valence-corrected chi connectivity index (χ3v) is 8.42. The largest absolute Gasteiger partial charge is 0.351 e. The highest BCUT2D eigenvalue weighted by molar-refractivity contribution is 7.88. The molecule has 0 bridgehead atoms. The molecule has 11 nitrogen and oxygen atoms in total. The number of aromatic nitrogens is 3. The van der Waals surface area contributed by atoms with Gasteiger partial charge in [-0.3, -0.25) is 18.6 Å². The first-order chi connectivity index (χ1) is 19.0. The van der Waals surface area contributed by atoms with Gasteiger partial charge in [0.25, 0.3) is 16.8 Å². The highest BCUT2D eigenvalue weighted by Gasteiger charge is 2.25. The van der Waals surface area contributed by atoms with E-state index in [1.165, 1.54) is 22.7 Å². The Hall–Kier alpha value is -3.72. The molecule has 4 aromatic rings. The second-order valence-corrected chi connectivity index (χ2v) is 12.3. The van der Waals surface area contributed by atoms with Crippen LogP contribution in [0.15, 0.2) is 65.6 Å². The summed E-state index contributed by atoms with van der Waals surface area (Å²) in [5, 5.41) is 3.96. The quantitative estimate of drug-likeness (QED) is 0.267. The van der Waals surface area contributed by atoms with Gasteiger partial charge in [0, 0.05) is 36.8 Å². The fourth-order valence-electron chi connectivity index (χ4n) is 4.71. The van der Waals surface area contributed by atoms with Crippen LogP contribution in [0.5, 0.6) is 0 Å². The predicted octanol–water partition coefficient (Wildman–Crippen LogP) is 3.03. The van der Waals surface area contributed by atoms with E-state index in [4.69, 9.17) is 4.55 Å². The molecule has 3 heterocycles. The van der Waals surface area contributed by atoms with E-state index < -0.39 is 27.1 Å². The maximum absolute atomic E-state index is 14.1. The second kappa shape index (κ2) is 11.4. The molecule has 1 aliphatic rings. The molecule has 1 unspecified atom stereocenters. The maximum Gasteiger partial charge on any atom is 0.259 e. The van der Waals surface area contributed by atoms with Crippen molar-refractivity contribution < 1.29 is 21.6 Å². The number of benzene rings is 2. The third-order valence-electron chi connectivity index (χ3n) is 6.71. The fraction of sp³-hybridized carbons (Fsp3) is 0.269. The normalized spacial score (nSPS) is 15.7. The van der Waals surface area contributed by atoms with Gasteiger partial charge < -0.3 is 5.32 Å². The highest BCUT2D eigenvalue weighted by Crippen LogP contribution is 2.26. The molecule has 0 radical (unpaired) electrons. The average Bonchev–Trinajstić information content (AvgIpc) is 2.90. The summed E-state index contributed by atoms with van der Waals surface area (Å²) in [5.74, 6) is -0.193. The number of fused-ring (bicyclic) bond motifs is 1. The van der Waals surface area contributed by atoms with Crippen LogP contribution in [-0.2, 0) is 27.8 Å². The molecular weight excluding hydrogens is 559 g/mol. The summed E-state index contributed by atoms with van der Waals surface area (Å²) >= 11 is -2.33. The highest BCUT2D eigenvalue weighted by atomic mass is 32.2. The van der Waals surface area contributed by atoms with E-state index in [1.807, 2.05) is 12.1 Å². The molecule has 0 spiro atoms. The maximum atomic E-state index is 14.1. The van der Waals surface area contributed by atoms with Crippen LogP contribution in [0.2, 0.25) is 0 Å². The Labute approximate surface area is 232 Å². The third kappa shape index (κ3) is 6.53. The van der Waals surface area contributed by atoms with Crippen molar-refractivity contribution in [3.05, 3.63) is 82.5 Å². The molecule has 40 heavy (non-hydrogen) atoms. The molecule has 1 aliphatic heterocycles. The molecule has 5 rings (SSSR count). The van der Waals surface area contributed by atoms with Crippen molar-refractivity contribution in [2.75, 3.05) is 29.4 Å². The summed E-state index contributed by atoms with van der Waals surface area (Å²) in [6.07, 6.45) is 4.08. The Morgan fingerprint density at radius 1 is 1.07 bits per heavy atom.